The van der Waals surface area contributed by atoms with Crippen molar-refractivity contribution in [3.05, 3.63) is 11.6 Å². The highest BCUT2D eigenvalue weighted by Gasteiger charge is 2.29. The van der Waals surface area contributed by atoms with Gasteiger partial charge >= 0.3 is 6.09 Å². The Morgan fingerprint density at radius 3 is 2.70 bits per heavy atom. The molecule has 0 bridgehead atoms. The molecule has 2 aliphatic rings. The number of rotatable bonds is 3. The van der Waals surface area contributed by atoms with Crippen LogP contribution in [0.5, 0.6) is 0 Å². The highest BCUT2D eigenvalue weighted by atomic mass is 16.5. The largest absolute Gasteiger partial charge is 0.453 e. The highest BCUT2D eigenvalue weighted by molar-refractivity contribution is 5.67. The Morgan fingerprint density at radius 1 is 1.17 bits per heavy atom. The molecule has 2 aliphatic heterocycles. The second-order valence-corrected chi connectivity index (χ2v) is 6.63. The second-order valence-electron chi connectivity index (χ2n) is 6.63. The van der Waals surface area contributed by atoms with Crippen LogP contribution >= 0.6 is 0 Å². The van der Waals surface area contributed by atoms with Gasteiger partial charge in [0.15, 0.2) is 0 Å². The molecular formula is C16H27N5O2. The average Bonchev–Trinajstić information content (AvgIpc) is 2.96. The van der Waals surface area contributed by atoms with Crippen molar-refractivity contribution in [1.29, 1.82) is 0 Å². The van der Waals surface area contributed by atoms with Crippen LogP contribution in [0.25, 0.3) is 0 Å². The van der Waals surface area contributed by atoms with Crippen LogP contribution in [-0.4, -0.2) is 63.9 Å². The van der Waals surface area contributed by atoms with Crippen molar-refractivity contribution in [3.63, 3.8) is 0 Å². The van der Waals surface area contributed by atoms with Crippen molar-refractivity contribution in [2.24, 2.45) is 7.05 Å². The normalized spacial score (nSPS) is 23.0. The van der Waals surface area contributed by atoms with E-state index in [4.69, 9.17) is 4.74 Å². The molecule has 1 aromatic heterocycles. The van der Waals surface area contributed by atoms with E-state index in [2.05, 4.69) is 19.7 Å². The predicted molar refractivity (Wildman–Crippen MR) is 86.1 cm³/mol. The Labute approximate surface area is 137 Å². The lowest BCUT2D eigenvalue weighted by molar-refractivity contribution is 0.110. The molecule has 0 aromatic carbocycles. The third-order valence-electron chi connectivity index (χ3n) is 5.03. The first-order chi connectivity index (χ1) is 11.2. The molecule has 3 heterocycles. The molecule has 0 aliphatic carbocycles. The van der Waals surface area contributed by atoms with Crippen LogP contribution in [-0.2, 0) is 18.3 Å². The van der Waals surface area contributed by atoms with Crippen molar-refractivity contribution >= 4 is 6.09 Å². The minimum Gasteiger partial charge on any atom is -0.453 e. The second kappa shape index (κ2) is 7.29. The third kappa shape index (κ3) is 3.65. The molecule has 1 atom stereocenters. The average molecular weight is 321 g/mol. The van der Waals surface area contributed by atoms with Gasteiger partial charge in [-0.25, -0.2) is 4.79 Å². The van der Waals surface area contributed by atoms with Gasteiger partial charge in [0.25, 0.3) is 0 Å². The summed E-state index contributed by atoms with van der Waals surface area (Å²) in [6, 6.07) is 0. The first-order valence-electron chi connectivity index (χ1n) is 8.62. The minimum atomic E-state index is -0.245. The number of hydrogen-bond donors (Lipinski definition) is 0. The van der Waals surface area contributed by atoms with Gasteiger partial charge in [0.1, 0.15) is 11.6 Å². The molecule has 1 amide bonds. The van der Waals surface area contributed by atoms with E-state index in [0.717, 1.165) is 50.7 Å². The molecule has 1 unspecified atom stereocenters. The first-order valence-corrected chi connectivity index (χ1v) is 8.62. The van der Waals surface area contributed by atoms with E-state index in [0.29, 0.717) is 6.54 Å². The summed E-state index contributed by atoms with van der Waals surface area (Å²) in [6.45, 7) is 4.62. The maximum Gasteiger partial charge on any atom is 0.409 e. The minimum absolute atomic E-state index is 0.245. The topological polar surface area (TPSA) is 63.5 Å². The molecule has 128 valence electrons. The van der Waals surface area contributed by atoms with Gasteiger partial charge in [-0.05, 0) is 38.8 Å². The van der Waals surface area contributed by atoms with E-state index in [9.17, 15) is 4.79 Å². The molecule has 1 aromatic rings. The van der Waals surface area contributed by atoms with Gasteiger partial charge in [-0.2, -0.15) is 0 Å². The molecule has 2 fully saturated rings. The van der Waals surface area contributed by atoms with Crippen molar-refractivity contribution in [2.45, 2.75) is 44.6 Å². The van der Waals surface area contributed by atoms with Gasteiger partial charge in [0, 0.05) is 26.1 Å². The lowest BCUT2D eigenvalue weighted by atomic mass is 9.97. The van der Waals surface area contributed by atoms with Crippen LogP contribution in [0.4, 0.5) is 4.79 Å². The number of carbonyl (C=O) groups excluding carboxylic acids is 1. The van der Waals surface area contributed by atoms with Crippen LogP contribution in [0, 0.1) is 0 Å². The highest BCUT2D eigenvalue weighted by Crippen LogP contribution is 2.26. The fourth-order valence-electron chi connectivity index (χ4n) is 3.67. The number of methoxy groups -OCH3 is 1. The number of nitrogens with zero attached hydrogens (tertiary/aromatic N) is 5. The van der Waals surface area contributed by atoms with Gasteiger partial charge < -0.3 is 14.2 Å². The lowest BCUT2D eigenvalue weighted by Crippen LogP contribution is -2.39. The summed E-state index contributed by atoms with van der Waals surface area (Å²) in [4.78, 5) is 16.0. The van der Waals surface area contributed by atoms with Gasteiger partial charge in [0.2, 0.25) is 0 Å². The Kier molecular flexibility index (Phi) is 5.15. The molecule has 0 saturated carbocycles. The van der Waals surface area contributed by atoms with Gasteiger partial charge in [-0.3, -0.25) is 4.90 Å². The van der Waals surface area contributed by atoms with Crippen molar-refractivity contribution in [1.82, 2.24) is 24.6 Å². The Morgan fingerprint density at radius 2 is 1.96 bits per heavy atom. The summed E-state index contributed by atoms with van der Waals surface area (Å²) in [7, 11) is 3.48. The van der Waals surface area contributed by atoms with E-state index in [1.165, 1.54) is 26.4 Å². The zero-order chi connectivity index (χ0) is 16.2. The fourth-order valence-corrected chi connectivity index (χ4v) is 3.67. The van der Waals surface area contributed by atoms with Gasteiger partial charge in [0.05, 0.1) is 13.7 Å². The van der Waals surface area contributed by atoms with E-state index in [-0.39, 0.29) is 12.0 Å². The molecule has 0 radical (unpaired) electrons. The Balaban J connectivity index is 1.67. The maximum atomic E-state index is 11.8. The van der Waals surface area contributed by atoms with Crippen LogP contribution in [0.3, 0.4) is 0 Å². The van der Waals surface area contributed by atoms with Gasteiger partial charge in [-0.1, -0.05) is 6.42 Å². The van der Waals surface area contributed by atoms with Crippen molar-refractivity contribution in [2.75, 3.05) is 33.3 Å². The molecule has 0 N–H and O–H groups in total. The molecule has 23 heavy (non-hydrogen) atoms. The smallest absolute Gasteiger partial charge is 0.409 e. The van der Waals surface area contributed by atoms with Crippen LogP contribution in [0.1, 0.15) is 49.7 Å². The van der Waals surface area contributed by atoms with E-state index in [1.54, 1.807) is 4.90 Å². The van der Waals surface area contributed by atoms with Crippen LogP contribution < -0.4 is 0 Å². The SMILES string of the molecule is COC(=O)N1CCCC(c2nnc(CN3CCCCC3)n2C)C1. The summed E-state index contributed by atoms with van der Waals surface area (Å²) in [5, 5.41) is 8.84. The zero-order valence-corrected chi connectivity index (χ0v) is 14.2. The number of amides is 1. The predicted octanol–water partition coefficient (Wildman–Crippen LogP) is 1.75. The number of piperidine rings is 2. The van der Waals surface area contributed by atoms with Crippen LogP contribution in [0.2, 0.25) is 0 Å². The quantitative estimate of drug-likeness (QED) is 0.848. The maximum absolute atomic E-state index is 11.8. The summed E-state index contributed by atoms with van der Waals surface area (Å²) in [5.74, 6) is 2.26. The van der Waals surface area contributed by atoms with E-state index < -0.39 is 0 Å². The summed E-state index contributed by atoms with van der Waals surface area (Å²) < 4.78 is 6.97. The van der Waals surface area contributed by atoms with Crippen LogP contribution in [0.15, 0.2) is 0 Å². The first kappa shape index (κ1) is 16.2. The molecule has 0 spiro atoms. The number of aromatic nitrogens is 3. The number of ether oxygens (including phenoxy) is 1. The fraction of sp³-hybridized carbons (Fsp3) is 0.812. The summed E-state index contributed by atoms with van der Waals surface area (Å²) in [5.41, 5.74) is 0. The number of carbonyl (C=O) groups is 1. The standard InChI is InChI=1S/C16H27N5O2/c1-19-14(12-20-8-4-3-5-9-20)17-18-15(19)13-7-6-10-21(11-13)16(22)23-2/h13H,3-12H2,1-2H3. The van der Waals surface area contributed by atoms with Crippen molar-refractivity contribution in [3.8, 4) is 0 Å². The molecular weight excluding hydrogens is 294 g/mol. The molecule has 2 saturated heterocycles. The number of hydrogen-bond acceptors (Lipinski definition) is 5. The number of likely N-dealkylation sites (tertiary alicyclic amines) is 2. The third-order valence-corrected chi connectivity index (χ3v) is 5.03. The zero-order valence-electron chi connectivity index (χ0n) is 14.2. The molecule has 3 rings (SSSR count). The summed E-state index contributed by atoms with van der Waals surface area (Å²) >= 11 is 0. The van der Waals surface area contributed by atoms with E-state index >= 15 is 0 Å². The summed E-state index contributed by atoms with van der Waals surface area (Å²) in [6.07, 6.45) is 5.68. The van der Waals surface area contributed by atoms with Gasteiger partial charge in [-0.15, -0.1) is 10.2 Å². The Hall–Kier alpha value is -1.63. The monoisotopic (exact) mass is 321 g/mol. The molecule has 7 heteroatoms. The van der Waals surface area contributed by atoms with E-state index in [1.807, 2.05) is 7.05 Å². The lowest BCUT2D eigenvalue weighted by Gasteiger charge is -2.31. The Bertz CT molecular complexity index is 539. The molecule has 7 nitrogen and oxygen atoms in total. The van der Waals surface area contributed by atoms with Crippen molar-refractivity contribution < 1.29 is 9.53 Å².